The maximum Gasteiger partial charge on any atom is 0.143 e. The summed E-state index contributed by atoms with van der Waals surface area (Å²) in [6.45, 7) is 10.8. The van der Waals surface area contributed by atoms with Gasteiger partial charge in [-0.05, 0) is 22.6 Å². The van der Waals surface area contributed by atoms with E-state index in [0.717, 1.165) is 20.9 Å². The monoisotopic (exact) mass is 333 g/mol. The van der Waals surface area contributed by atoms with E-state index < -0.39 is 0 Å². The van der Waals surface area contributed by atoms with Crippen molar-refractivity contribution < 1.29 is 0 Å². The second-order valence-corrected chi connectivity index (χ2v) is 6.33. The van der Waals surface area contributed by atoms with Crippen LogP contribution in [-0.4, -0.2) is 17.0 Å². The molecule has 1 aromatic rings. The van der Waals surface area contributed by atoms with Crippen molar-refractivity contribution in [1.82, 2.24) is 9.97 Å². The van der Waals surface area contributed by atoms with Gasteiger partial charge in [-0.15, -0.1) is 0 Å². The standard InChI is InChI=1S/C12H20IN3/c1-7(2)10-15-9(12(3,4)5)8(13)11(14-6)16-10/h7H,1-6H3,(H,14,15,16). The van der Waals surface area contributed by atoms with Gasteiger partial charge in [-0.2, -0.15) is 0 Å². The average Bonchev–Trinajstić information content (AvgIpc) is 2.15. The van der Waals surface area contributed by atoms with E-state index >= 15 is 0 Å². The van der Waals surface area contributed by atoms with Crippen molar-refractivity contribution in [2.75, 3.05) is 12.4 Å². The number of hydrogen-bond donors (Lipinski definition) is 1. The zero-order valence-electron chi connectivity index (χ0n) is 10.8. The first kappa shape index (κ1) is 13.7. The molecule has 0 fully saturated rings. The number of nitrogens with zero attached hydrogens (tertiary/aromatic N) is 2. The van der Waals surface area contributed by atoms with E-state index in [1.165, 1.54) is 0 Å². The Morgan fingerprint density at radius 2 is 1.75 bits per heavy atom. The molecular formula is C12H20IN3. The summed E-state index contributed by atoms with van der Waals surface area (Å²) in [6, 6.07) is 0. The van der Waals surface area contributed by atoms with E-state index in [2.05, 4.69) is 67.5 Å². The minimum Gasteiger partial charge on any atom is -0.372 e. The van der Waals surface area contributed by atoms with Crippen LogP contribution in [0.2, 0.25) is 0 Å². The van der Waals surface area contributed by atoms with E-state index in [1.54, 1.807) is 0 Å². The van der Waals surface area contributed by atoms with E-state index in [1.807, 2.05) is 7.05 Å². The third-order valence-corrected chi connectivity index (χ3v) is 3.35. The van der Waals surface area contributed by atoms with Gasteiger partial charge in [0.25, 0.3) is 0 Å². The molecule has 0 spiro atoms. The Bertz CT molecular complexity index is 381. The van der Waals surface area contributed by atoms with Gasteiger partial charge in [-0.1, -0.05) is 34.6 Å². The molecule has 1 rings (SSSR count). The van der Waals surface area contributed by atoms with E-state index in [4.69, 9.17) is 4.98 Å². The van der Waals surface area contributed by atoms with Gasteiger partial charge >= 0.3 is 0 Å². The Morgan fingerprint density at radius 3 is 2.12 bits per heavy atom. The van der Waals surface area contributed by atoms with E-state index in [0.29, 0.717) is 5.92 Å². The fourth-order valence-corrected chi connectivity index (χ4v) is 2.71. The minimum atomic E-state index is 0.0503. The quantitative estimate of drug-likeness (QED) is 0.841. The van der Waals surface area contributed by atoms with E-state index in [-0.39, 0.29) is 5.41 Å². The minimum absolute atomic E-state index is 0.0503. The highest BCUT2D eigenvalue weighted by Gasteiger charge is 2.23. The Hall–Kier alpha value is -0.390. The highest BCUT2D eigenvalue weighted by molar-refractivity contribution is 14.1. The highest BCUT2D eigenvalue weighted by Crippen LogP contribution is 2.30. The summed E-state index contributed by atoms with van der Waals surface area (Å²) in [5, 5.41) is 3.14. The molecule has 0 aliphatic carbocycles. The smallest absolute Gasteiger partial charge is 0.143 e. The van der Waals surface area contributed by atoms with Gasteiger partial charge < -0.3 is 5.32 Å². The average molecular weight is 333 g/mol. The molecule has 16 heavy (non-hydrogen) atoms. The summed E-state index contributed by atoms with van der Waals surface area (Å²) in [6.07, 6.45) is 0. The van der Waals surface area contributed by atoms with Gasteiger partial charge in [-0.25, -0.2) is 9.97 Å². The zero-order chi connectivity index (χ0) is 12.5. The molecule has 0 aromatic carbocycles. The number of aromatic nitrogens is 2. The normalized spacial score (nSPS) is 12.0. The lowest BCUT2D eigenvalue weighted by Gasteiger charge is -2.22. The van der Waals surface area contributed by atoms with Crippen LogP contribution in [0.5, 0.6) is 0 Å². The summed E-state index contributed by atoms with van der Waals surface area (Å²) < 4.78 is 1.12. The number of rotatable bonds is 2. The van der Waals surface area contributed by atoms with Gasteiger partial charge in [0.05, 0.1) is 9.26 Å². The van der Waals surface area contributed by atoms with Crippen LogP contribution >= 0.6 is 22.6 Å². The molecule has 1 N–H and O–H groups in total. The first-order chi connectivity index (χ1) is 7.27. The molecule has 0 unspecified atom stereocenters. The molecule has 0 atom stereocenters. The molecule has 0 saturated heterocycles. The maximum atomic E-state index is 4.69. The lowest BCUT2D eigenvalue weighted by Crippen LogP contribution is -2.19. The molecule has 0 saturated carbocycles. The Kier molecular flexibility index (Phi) is 4.15. The van der Waals surface area contributed by atoms with Crippen LogP contribution in [0.25, 0.3) is 0 Å². The molecule has 90 valence electrons. The largest absolute Gasteiger partial charge is 0.372 e. The topological polar surface area (TPSA) is 37.8 Å². The summed E-state index contributed by atoms with van der Waals surface area (Å²) >= 11 is 2.32. The molecule has 0 aliphatic rings. The molecule has 0 radical (unpaired) electrons. The number of halogens is 1. The predicted molar refractivity (Wildman–Crippen MR) is 77.1 cm³/mol. The molecule has 0 amide bonds. The summed E-state index contributed by atoms with van der Waals surface area (Å²) in [7, 11) is 1.90. The van der Waals surface area contributed by atoms with Crippen LogP contribution < -0.4 is 5.32 Å². The summed E-state index contributed by atoms with van der Waals surface area (Å²) in [5.74, 6) is 2.20. The Balaban J connectivity index is 3.42. The van der Waals surface area contributed by atoms with Crippen LogP contribution in [-0.2, 0) is 5.41 Å². The predicted octanol–water partition coefficient (Wildman–Crippen LogP) is 3.54. The molecular weight excluding hydrogens is 313 g/mol. The van der Waals surface area contributed by atoms with Crippen LogP contribution in [0.3, 0.4) is 0 Å². The fourth-order valence-electron chi connectivity index (χ4n) is 1.39. The van der Waals surface area contributed by atoms with Crippen molar-refractivity contribution >= 4 is 28.4 Å². The third kappa shape index (κ3) is 2.84. The van der Waals surface area contributed by atoms with Crippen molar-refractivity contribution in [3.63, 3.8) is 0 Å². The first-order valence-electron chi connectivity index (χ1n) is 5.53. The third-order valence-electron chi connectivity index (χ3n) is 2.33. The van der Waals surface area contributed by atoms with Gasteiger partial charge in [0.1, 0.15) is 11.6 Å². The second-order valence-electron chi connectivity index (χ2n) is 5.25. The highest BCUT2D eigenvalue weighted by atomic mass is 127. The Labute approximate surface area is 112 Å². The fraction of sp³-hybridized carbons (Fsp3) is 0.667. The van der Waals surface area contributed by atoms with Crippen molar-refractivity contribution in [2.45, 2.75) is 46.0 Å². The van der Waals surface area contributed by atoms with Crippen molar-refractivity contribution in [3.8, 4) is 0 Å². The number of hydrogen-bond acceptors (Lipinski definition) is 3. The van der Waals surface area contributed by atoms with Crippen molar-refractivity contribution in [3.05, 3.63) is 15.1 Å². The van der Waals surface area contributed by atoms with Crippen LogP contribution in [0.1, 0.15) is 52.1 Å². The zero-order valence-corrected chi connectivity index (χ0v) is 13.0. The summed E-state index contributed by atoms with van der Waals surface area (Å²) in [5.41, 5.74) is 1.17. The van der Waals surface area contributed by atoms with Gasteiger partial charge in [0.2, 0.25) is 0 Å². The van der Waals surface area contributed by atoms with Crippen LogP contribution in [0.4, 0.5) is 5.82 Å². The summed E-state index contributed by atoms with van der Waals surface area (Å²) in [4.78, 5) is 9.23. The van der Waals surface area contributed by atoms with Gasteiger partial charge in [0, 0.05) is 18.4 Å². The molecule has 4 heteroatoms. The maximum absolute atomic E-state index is 4.69. The molecule has 1 heterocycles. The number of nitrogens with one attached hydrogen (secondary N) is 1. The SMILES string of the molecule is CNc1nc(C(C)C)nc(C(C)(C)C)c1I. The lowest BCUT2D eigenvalue weighted by atomic mass is 9.91. The molecule has 0 aliphatic heterocycles. The van der Waals surface area contributed by atoms with Gasteiger partial charge in [-0.3, -0.25) is 0 Å². The molecule has 0 bridgehead atoms. The van der Waals surface area contributed by atoms with Gasteiger partial charge in [0.15, 0.2) is 0 Å². The van der Waals surface area contributed by atoms with Crippen LogP contribution in [0.15, 0.2) is 0 Å². The Morgan fingerprint density at radius 1 is 1.19 bits per heavy atom. The number of anilines is 1. The van der Waals surface area contributed by atoms with Crippen LogP contribution in [0, 0.1) is 3.57 Å². The van der Waals surface area contributed by atoms with Crippen molar-refractivity contribution in [2.24, 2.45) is 0 Å². The molecule has 3 nitrogen and oxygen atoms in total. The van der Waals surface area contributed by atoms with E-state index in [9.17, 15) is 0 Å². The second kappa shape index (κ2) is 4.85. The van der Waals surface area contributed by atoms with Crippen molar-refractivity contribution in [1.29, 1.82) is 0 Å². The first-order valence-corrected chi connectivity index (χ1v) is 6.61. The molecule has 1 aromatic heterocycles. The lowest BCUT2D eigenvalue weighted by molar-refractivity contribution is 0.554.